The third-order valence-electron chi connectivity index (χ3n) is 6.35. The fraction of sp³-hybridized carbons (Fsp3) is 0.462. The molecule has 1 unspecified atom stereocenters. The summed E-state index contributed by atoms with van der Waals surface area (Å²) >= 11 is 2.14. The Morgan fingerprint density at radius 3 is 2.34 bits per heavy atom. The lowest BCUT2D eigenvalue weighted by Gasteiger charge is -2.33. The molecule has 0 heterocycles. The number of hydrogen-bond donors (Lipinski definition) is 1. The lowest BCUT2D eigenvalue weighted by atomic mass is 9.95. The van der Waals surface area contributed by atoms with Gasteiger partial charge in [0, 0.05) is 16.2 Å². The first-order valence-electron chi connectivity index (χ1n) is 11.9. The van der Waals surface area contributed by atoms with Crippen LogP contribution in [0.15, 0.2) is 48.5 Å². The zero-order chi connectivity index (χ0) is 25.6. The van der Waals surface area contributed by atoms with Crippen LogP contribution < -0.4 is 9.62 Å². The van der Waals surface area contributed by atoms with E-state index in [9.17, 15) is 18.0 Å². The maximum atomic E-state index is 13.6. The molecule has 0 aromatic heterocycles. The molecule has 0 aliphatic heterocycles. The molecule has 9 heteroatoms. The second kappa shape index (κ2) is 12.2. The average molecular weight is 612 g/mol. The van der Waals surface area contributed by atoms with Crippen LogP contribution in [0.2, 0.25) is 0 Å². The van der Waals surface area contributed by atoms with Crippen molar-refractivity contribution in [2.45, 2.75) is 64.6 Å². The normalized spacial score (nSPS) is 15.3. The number of amides is 2. The topological polar surface area (TPSA) is 86.8 Å². The summed E-state index contributed by atoms with van der Waals surface area (Å²) in [4.78, 5) is 28.3. The number of hydrogen-bond acceptors (Lipinski definition) is 4. The van der Waals surface area contributed by atoms with Crippen molar-refractivity contribution in [2.24, 2.45) is 0 Å². The Hall–Kier alpha value is -2.14. The molecule has 1 fully saturated rings. The highest BCUT2D eigenvalue weighted by molar-refractivity contribution is 14.1. The summed E-state index contributed by atoms with van der Waals surface area (Å²) in [6.45, 7) is 3.51. The molecule has 2 aromatic rings. The lowest BCUT2D eigenvalue weighted by molar-refractivity contribution is -0.139. The zero-order valence-electron chi connectivity index (χ0n) is 20.5. The SMILES string of the molecule is Cc1cccc(CN(C(=O)CN(c2ccc(I)cc2)S(C)(=O)=O)C(C)C(=O)NC2CCCCC2)c1. The number of rotatable bonds is 9. The molecule has 2 aromatic carbocycles. The van der Waals surface area contributed by atoms with E-state index in [4.69, 9.17) is 0 Å². The molecule has 2 amide bonds. The molecule has 3 rings (SSSR count). The molecule has 0 bridgehead atoms. The van der Waals surface area contributed by atoms with Crippen molar-refractivity contribution in [3.05, 3.63) is 63.2 Å². The van der Waals surface area contributed by atoms with Gasteiger partial charge in [0.25, 0.3) is 0 Å². The first-order chi connectivity index (χ1) is 16.5. The van der Waals surface area contributed by atoms with Gasteiger partial charge < -0.3 is 10.2 Å². The summed E-state index contributed by atoms with van der Waals surface area (Å²) < 4.78 is 27.3. The summed E-state index contributed by atoms with van der Waals surface area (Å²) in [7, 11) is -3.72. The van der Waals surface area contributed by atoms with Gasteiger partial charge in [0.15, 0.2) is 0 Å². The van der Waals surface area contributed by atoms with Gasteiger partial charge in [-0.3, -0.25) is 13.9 Å². The molecule has 1 atom stereocenters. The van der Waals surface area contributed by atoms with E-state index in [0.29, 0.717) is 5.69 Å². The Labute approximate surface area is 222 Å². The average Bonchev–Trinajstić information content (AvgIpc) is 2.81. The van der Waals surface area contributed by atoms with Crippen molar-refractivity contribution < 1.29 is 18.0 Å². The minimum atomic E-state index is -3.72. The monoisotopic (exact) mass is 611 g/mol. The third kappa shape index (κ3) is 7.93. The molecule has 1 aliphatic rings. The first-order valence-corrected chi connectivity index (χ1v) is 14.9. The Morgan fingerprint density at radius 2 is 1.74 bits per heavy atom. The van der Waals surface area contributed by atoms with Crippen molar-refractivity contribution in [3.63, 3.8) is 0 Å². The Balaban J connectivity index is 1.86. The second-order valence-electron chi connectivity index (χ2n) is 9.28. The number of halogens is 1. The van der Waals surface area contributed by atoms with E-state index < -0.39 is 22.0 Å². The van der Waals surface area contributed by atoms with Gasteiger partial charge in [-0.15, -0.1) is 0 Å². The number of carbonyl (C=O) groups excluding carboxylic acids is 2. The van der Waals surface area contributed by atoms with Gasteiger partial charge in [-0.05, 0) is 79.1 Å². The molecule has 0 spiro atoms. The number of nitrogens with zero attached hydrogens (tertiary/aromatic N) is 2. The van der Waals surface area contributed by atoms with Crippen LogP contribution in [0.25, 0.3) is 0 Å². The van der Waals surface area contributed by atoms with E-state index in [-0.39, 0.29) is 25.0 Å². The highest BCUT2D eigenvalue weighted by Crippen LogP contribution is 2.21. The largest absolute Gasteiger partial charge is 0.352 e. The lowest BCUT2D eigenvalue weighted by Crippen LogP contribution is -2.52. The molecule has 1 aliphatic carbocycles. The highest BCUT2D eigenvalue weighted by Gasteiger charge is 2.31. The first kappa shape index (κ1) is 27.4. The van der Waals surface area contributed by atoms with Crippen LogP contribution in [-0.2, 0) is 26.2 Å². The minimum absolute atomic E-state index is 0.119. The number of sulfonamides is 1. The quantitative estimate of drug-likeness (QED) is 0.431. The summed E-state index contributed by atoms with van der Waals surface area (Å²) in [5.41, 5.74) is 2.35. The Kier molecular flexibility index (Phi) is 9.57. The predicted octanol–water partition coefficient (Wildman–Crippen LogP) is 4.23. The van der Waals surface area contributed by atoms with Gasteiger partial charge in [-0.2, -0.15) is 0 Å². The molecule has 7 nitrogen and oxygen atoms in total. The number of benzene rings is 2. The van der Waals surface area contributed by atoms with Gasteiger partial charge in [0.05, 0.1) is 11.9 Å². The molecule has 35 heavy (non-hydrogen) atoms. The van der Waals surface area contributed by atoms with Crippen LogP contribution in [0.1, 0.15) is 50.2 Å². The molecular weight excluding hydrogens is 577 g/mol. The molecule has 0 radical (unpaired) electrons. The number of carbonyl (C=O) groups is 2. The van der Waals surface area contributed by atoms with E-state index in [1.54, 1.807) is 31.2 Å². The molecule has 0 saturated heterocycles. The molecule has 1 N–H and O–H groups in total. The van der Waals surface area contributed by atoms with Crippen molar-refractivity contribution in [1.29, 1.82) is 0 Å². The fourth-order valence-corrected chi connectivity index (χ4v) is 5.59. The standard InChI is InChI=1S/C26H34IN3O4S/c1-19-8-7-9-21(16-19)17-29(20(2)26(32)28-23-10-5-4-6-11-23)25(31)18-30(35(3,33)34)24-14-12-22(27)13-15-24/h7-9,12-16,20,23H,4-6,10-11,17-18H2,1-3H3,(H,28,32). The van der Waals surface area contributed by atoms with Crippen molar-refractivity contribution in [3.8, 4) is 0 Å². The Morgan fingerprint density at radius 1 is 1.09 bits per heavy atom. The summed E-state index contributed by atoms with van der Waals surface area (Å²) in [5, 5.41) is 3.11. The van der Waals surface area contributed by atoms with Crippen molar-refractivity contribution in [1.82, 2.24) is 10.2 Å². The number of aryl methyl sites for hydroxylation is 1. The minimum Gasteiger partial charge on any atom is -0.352 e. The van der Waals surface area contributed by atoms with E-state index in [2.05, 4.69) is 27.9 Å². The van der Waals surface area contributed by atoms with Crippen LogP contribution in [0.3, 0.4) is 0 Å². The maximum absolute atomic E-state index is 13.6. The van der Waals surface area contributed by atoms with Gasteiger partial charge >= 0.3 is 0 Å². The van der Waals surface area contributed by atoms with Crippen LogP contribution in [-0.4, -0.2) is 50.0 Å². The zero-order valence-corrected chi connectivity index (χ0v) is 23.5. The van der Waals surface area contributed by atoms with E-state index in [1.807, 2.05) is 31.2 Å². The van der Waals surface area contributed by atoms with E-state index in [1.165, 1.54) is 11.3 Å². The summed E-state index contributed by atoms with van der Waals surface area (Å²) in [6.07, 6.45) is 6.33. The molecule has 1 saturated carbocycles. The van der Waals surface area contributed by atoms with Crippen LogP contribution in [0.5, 0.6) is 0 Å². The predicted molar refractivity (Wildman–Crippen MR) is 148 cm³/mol. The van der Waals surface area contributed by atoms with Crippen molar-refractivity contribution in [2.75, 3.05) is 17.1 Å². The number of nitrogens with one attached hydrogen (secondary N) is 1. The molecule has 190 valence electrons. The smallest absolute Gasteiger partial charge is 0.244 e. The maximum Gasteiger partial charge on any atom is 0.244 e. The van der Waals surface area contributed by atoms with Gasteiger partial charge in [0.1, 0.15) is 12.6 Å². The van der Waals surface area contributed by atoms with E-state index >= 15 is 0 Å². The van der Waals surface area contributed by atoms with Crippen LogP contribution in [0, 0.1) is 10.5 Å². The highest BCUT2D eigenvalue weighted by atomic mass is 127. The Bertz CT molecular complexity index is 1130. The molecular formula is C26H34IN3O4S. The summed E-state index contributed by atoms with van der Waals surface area (Å²) in [5.74, 6) is -0.639. The second-order valence-corrected chi connectivity index (χ2v) is 12.4. The van der Waals surface area contributed by atoms with Gasteiger partial charge in [-0.25, -0.2) is 8.42 Å². The third-order valence-corrected chi connectivity index (χ3v) is 8.21. The number of anilines is 1. The summed E-state index contributed by atoms with van der Waals surface area (Å²) in [6, 6.07) is 14.1. The van der Waals surface area contributed by atoms with Crippen LogP contribution in [0.4, 0.5) is 5.69 Å². The van der Waals surface area contributed by atoms with Crippen molar-refractivity contribution >= 4 is 50.1 Å². The van der Waals surface area contributed by atoms with E-state index in [0.717, 1.165) is 50.9 Å². The fourth-order valence-electron chi connectivity index (χ4n) is 4.38. The van der Waals surface area contributed by atoms with Gasteiger partial charge in [-0.1, -0.05) is 49.1 Å². The van der Waals surface area contributed by atoms with Crippen LogP contribution >= 0.6 is 22.6 Å². The van der Waals surface area contributed by atoms with Gasteiger partial charge in [0.2, 0.25) is 21.8 Å².